The van der Waals surface area contributed by atoms with Crippen molar-refractivity contribution >= 4 is 33.5 Å². The number of hydrogen-bond donors (Lipinski definition) is 0. The second-order valence-corrected chi connectivity index (χ2v) is 7.84. The van der Waals surface area contributed by atoms with E-state index in [2.05, 4.69) is 15.9 Å². The summed E-state index contributed by atoms with van der Waals surface area (Å²) in [5.41, 5.74) is 1.01. The Labute approximate surface area is 187 Å². The van der Waals surface area contributed by atoms with E-state index in [0.717, 1.165) is 0 Å². The van der Waals surface area contributed by atoms with Crippen molar-refractivity contribution in [1.82, 2.24) is 0 Å². The lowest BCUT2D eigenvalue weighted by Gasteiger charge is -2.22. The average molecular weight is 487 g/mol. The lowest BCUT2D eigenvalue weighted by molar-refractivity contribution is -0.139. The first-order chi connectivity index (χ1) is 15.0. The monoisotopic (exact) mass is 486 g/mol. The van der Waals surface area contributed by atoms with E-state index in [0.29, 0.717) is 47.0 Å². The fraction of sp³-hybridized carbons (Fsp3) is 0.318. The Kier molecular flexibility index (Phi) is 6.00. The Hall–Kier alpha value is -3.25. The third-order valence-electron chi connectivity index (χ3n) is 4.94. The van der Waals surface area contributed by atoms with Crippen molar-refractivity contribution < 1.29 is 28.5 Å². The molecule has 4 rings (SSSR count). The van der Waals surface area contributed by atoms with Gasteiger partial charge in [-0.3, -0.25) is 9.59 Å². The molecule has 0 bridgehead atoms. The molecule has 9 heteroatoms. The molecule has 31 heavy (non-hydrogen) atoms. The highest BCUT2D eigenvalue weighted by Gasteiger charge is 2.37. The number of nitrogens with zero attached hydrogens (tertiary/aromatic N) is 2. The van der Waals surface area contributed by atoms with Crippen LogP contribution in [0.15, 0.2) is 34.8 Å². The topological polar surface area (TPSA) is 98.1 Å². The Morgan fingerprint density at radius 2 is 2.03 bits per heavy atom. The van der Waals surface area contributed by atoms with Gasteiger partial charge in [-0.2, -0.15) is 5.26 Å². The van der Waals surface area contributed by atoms with Crippen molar-refractivity contribution in [3.8, 4) is 29.1 Å². The molecule has 2 aliphatic rings. The van der Waals surface area contributed by atoms with Crippen LogP contribution < -0.4 is 23.8 Å². The standard InChI is InChI=1S/C22H19BrN2O6/c1-2-28-19-8-13(11-24)7-16(23)21(19)31-22(27)14-9-20(26)25(12-14)15-3-4-17-18(10-15)30-6-5-29-17/h3-4,7-8,10,14H,2,5-6,9,12H2,1H3. The molecule has 0 radical (unpaired) electrons. The number of amides is 1. The number of rotatable bonds is 5. The second-order valence-electron chi connectivity index (χ2n) is 6.98. The smallest absolute Gasteiger partial charge is 0.316 e. The summed E-state index contributed by atoms with van der Waals surface area (Å²) in [6.45, 7) is 3.25. The van der Waals surface area contributed by atoms with Gasteiger partial charge in [0.05, 0.1) is 28.6 Å². The third kappa shape index (κ3) is 4.30. The highest BCUT2D eigenvalue weighted by molar-refractivity contribution is 9.10. The van der Waals surface area contributed by atoms with Crippen LogP contribution in [-0.2, 0) is 9.59 Å². The van der Waals surface area contributed by atoms with Crippen LogP contribution in [0.4, 0.5) is 5.69 Å². The minimum Gasteiger partial charge on any atom is -0.490 e. The zero-order chi connectivity index (χ0) is 22.0. The Morgan fingerprint density at radius 1 is 1.26 bits per heavy atom. The van der Waals surface area contributed by atoms with Gasteiger partial charge in [-0.05, 0) is 41.1 Å². The lowest BCUT2D eigenvalue weighted by atomic mass is 10.1. The van der Waals surface area contributed by atoms with Gasteiger partial charge in [-0.1, -0.05) is 0 Å². The van der Waals surface area contributed by atoms with Gasteiger partial charge < -0.3 is 23.8 Å². The van der Waals surface area contributed by atoms with Crippen molar-refractivity contribution in [2.24, 2.45) is 5.92 Å². The quantitative estimate of drug-likeness (QED) is 0.471. The minimum atomic E-state index is -0.641. The average Bonchev–Trinajstić information content (AvgIpc) is 3.17. The number of halogens is 1. The van der Waals surface area contributed by atoms with Crippen LogP contribution in [-0.4, -0.2) is 38.2 Å². The minimum absolute atomic E-state index is 0.0329. The molecule has 2 aliphatic heterocycles. The van der Waals surface area contributed by atoms with E-state index in [1.54, 1.807) is 36.1 Å². The molecule has 1 amide bonds. The summed E-state index contributed by atoms with van der Waals surface area (Å²) in [6.07, 6.45) is 0.0329. The molecule has 2 heterocycles. The van der Waals surface area contributed by atoms with Gasteiger partial charge in [0.2, 0.25) is 5.91 Å². The van der Waals surface area contributed by atoms with Crippen molar-refractivity contribution in [2.45, 2.75) is 13.3 Å². The van der Waals surface area contributed by atoms with Crippen molar-refractivity contribution in [3.63, 3.8) is 0 Å². The molecule has 2 aromatic rings. The van der Waals surface area contributed by atoms with E-state index < -0.39 is 11.9 Å². The number of carbonyl (C=O) groups is 2. The predicted molar refractivity (Wildman–Crippen MR) is 114 cm³/mol. The summed E-state index contributed by atoms with van der Waals surface area (Å²) >= 11 is 3.33. The SMILES string of the molecule is CCOc1cc(C#N)cc(Br)c1OC(=O)C1CC(=O)N(c2ccc3c(c2)OCCO3)C1. The second kappa shape index (κ2) is 8.86. The van der Waals surface area contributed by atoms with Gasteiger partial charge in [0.1, 0.15) is 13.2 Å². The number of benzene rings is 2. The van der Waals surface area contributed by atoms with Crippen LogP contribution in [0, 0.1) is 17.2 Å². The highest BCUT2D eigenvalue weighted by Crippen LogP contribution is 2.39. The van der Waals surface area contributed by atoms with Crippen LogP contribution >= 0.6 is 15.9 Å². The van der Waals surface area contributed by atoms with Crippen LogP contribution in [0.3, 0.4) is 0 Å². The highest BCUT2D eigenvalue weighted by atomic mass is 79.9. The molecule has 0 saturated carbocycles. The van der Waals surface area contributed by atoms with Gasteiger partial charge in [0, 0.05) is 30.8 Å². The first-order valence-electron chi connectivity index (χ1n) is 9.78. The summed E-state index contributed by atoms with van der Waals surface area (Å²) in [5.74, 6) is 0.322. The molecule has 0 aromatic heterocycles. The number of fused-ring (bicyclic) bond motifs is 1. The molecule has 0 spiro atoms. The van der Waals surface area contributed by atoms with Gasteiger partial charge in [-0.15, -0.1) is 0 Å². The van der Waals surface area contributed by atoms with Gasteiger partial charge in [0.15, 0.2) is 23.0 Å². The maximum atomic E-state index is 12.8. The molecule has 1 unspecified atom stereocenters. The van der Waals surface area contributed by atoms with Crippen molar-refractivity contribution in [2.75, 3.05) is 31.3 Å². The lowest BCUT2D eigenvalue weighted by Crippen LogP contribution is -2.27. The maximum absolute atomic E-state index is 12.8. The number of nitriles is 1. The zero-order valence-electron chi connectivity index (χ0n) is 16.7. The van der Waals surface area contributed by atoms with Crippen LogP contribution in [0.1, 0.15) is 18.9 Å². The van der Waals surface area contributed by atoms with E-state index in [4.69, 9.17) is 24.2 Å². The maximum Gasteiger partial charge on any atom is 0.316 e. The summed E-state index contributed by atoms with van der Waals surface area (Å²) in [7, 11) is 0. The molecule has 0 aliphatic carbocycles. The predicted octanol–water partition coefficient (Wildman–Crippen LogP) is 3.45. The Bertz CT molecular complexity index is 1080. The fourth-order valence-corrected chi connectivity index (χ4v) is 4.02. The van der Waals surface area contributed by atoms with E-state index in [1.807, 2.05) is 6.07 Å². The van der Waals surface area contributed by atoms with Crippen molar-refractivity contribution in [3.05, 3.63) is 40.4 Å². The van der Waals surface area contributed by atoms with E-state index in [9.17, 15) is 9.59 Å². The molecule has 1 fully saturated rings. The third-order valence-corrected chi connectivity index (χ3v) is 5.53. The number of esters is 1. The summed E-state index contributed by atoms with van der Waals surface area (Å²) < 4.78 is 22.6. The summed E-state index contributed by atoms with van der Waals surface area (Å²) in [5, 5.41) is 9.15. The van der Waals surface area contributed by atoms with Crippen LogP contribution in [0.25, 0.3) is 0 Å². The largest absolute Gasteiger partial charge is 0.490 e. The number of hydrogen-bond acceptors (Lipinski definition) is 7. The van der Waals surface area contributed by atoms with E-state index in [1.165, 1.54) is 6.07 Å². The van der Waals surface area contributed by atoms with Gasteiger partial charge in [-0.25, -0.2) is 0 Å². The normalized spacial score (nSPS) is 17.3. The van der Waals surface area contributed by atoms with Crippen LogP contribution in [0.5, 0.6) is 23.0 Å². The first kappa shape index (κ1) is 21.0. The molecule has 1 saturated heterocycles. The number of anilines is 1. The molecular formula is C22H19BrN2O6. The molecular weight excluding hydrogens is 468 g/mol. The first-order valence-corrected chi connectivity index (χ1v) is 10.6. The Morgan fingerprint density at radius 3 is 2.77 bits per heavy atom. The summed E-state index contributed by atoms with van der Waals surface area (Å²) in [6, 6.07) is 10.4. The zero-order valence-corrected chi connectivity index (χ0v) is 18.3. The number of carbonyl (C=O) groups excluding carboxylic acids is 2. The molecule has 8 nitrogen and oxygen atoms in total. The molecule has 2 aromatic carbocycles. The van der Waals surface area contributed by atoms with Gasteiger partial charge in [0.25, 0.3) is 0 Å². The fourth-order valence-electron chi connectivity index (χ4n) is 3.49. The van der Waals surface area contributed by atoms with E-state index in [-0.39, 0.29) is 30.4 Å². The Balaban J connectivity index is 1.51. The molecule has 0 N–H and O–H groups in total. The summed E-state index contributed by atoms with van der Waals surface area (Å²) in [4.78, 5) is 27.0. The molecule has 160 valence electrons. The van der Waals surface area contributed by atoms with Crippen LogP contribution in [0.2, 0.25) is 0 Å². The van der Waals surface area contributed by atoms with Crippen molar-refractivity contribution in [1.29, 1.82) is 5.26 Å². The van der Waals surface area contributed by atoms with Gasteiger partial charge >= 0.3 is 5.97 Å². The molecule has 1 atom stereocenters. The van der Waals surface area contributed by atoms with E-state index >= 15 is 0 Å². The number of ether oxygens (including phenoxy) is 4.